The van der Waals surface area contributed by atoms with E-state index in [2.05, 4.69) is 10.1 Å². The van der Waals surface area contributed by atoms with Gasteiger partial charge in [-0.25, -0.2) is 4.79 Å². The van der Waals surface area contributed by atoms with Gasteiger partial charge in [0.15, 0.2) is 0 Å². The van der Waals surface area contributed by atoms with E-state index in [0.717, 1.165) is 12.0 Å². The first-order valence-electron chi connectivity index (χ1n) is 8.67. The molecule has 1 heterocycles. The van der Waals surface area contributed by atoms with Crippen molar-refractivity contribution in [2.24, 2.45) is 5.92 Å². The maximum Gasteiger partial charge on any atom is 0.409 e. The Morgan fingerprint density at radius 1 is 1.31 bits per heavy atom. The summed E-state index contributed by atoms with van der Waals surface area (Å²) in [6.07, 6.45) is 1.05. The van der Waals surface area contributed by atoms with Crippen LogP contribution in [0.5, 0.6) is 5.75 Å². The Labute approximate surface area is 151 Å². The molecule has 1 aromatic carbocycles. The fourth-order valence-electron chi connectivity index (χ4n) is 2.92. The lowest BCUT2D eigenvalue weighted by Crippen LogP contribution is -2.46. The van der Waals surface area contributed by atoms with Crippen LogP contribution in [0.2, 0.25) is 0 Å². The van der Waals surface area contributed by atoms with Gasteiger partial charge in [0.05, 0.1) is 18.6 Å². The molecule has 0 radical (unpaired) electrons. The molecule has 6 nitrogen and oxygen atoms in total. The third-order valence-electron chi connectivity index (χ3n) is 4.28. The Morgan fingerprint density at radius 2 is 2.00 bits per heavy atom. The third kappa shape index (κ3) is 5.57. The summed E-state index contributed by atoms with van der Waals surface area (Å²) in [5.74, 6) is -0.365. The summed E-state index contributed by atoms with van der Waals surface area (Å²) in [5.41, 5.74) is 0.776. The first-order valence-corrected chi connectivity index (χ1v) is 8.67. The number of rotatable bonds is 6. The topological polar surface area (TPSA) is 67.9 Å². The van der Waals surface area contributed by atoms with Crippen molar-refractivity contribution in [3.05, 3.63) is 29.8 Å². The fourth-order valence-corrected chi connectivity index (χ4v) is 2.92. The van der Waals surface area contributed by atoms with Gasteiger partial charge in [0.25, 0.3) is 0 Å². The Morgan fingerprint density at radius 3 is 2.62 bits per heavy atom. The maximum atomic E-state index is 12.5. The number of hydrogen-bond acceptors (Lipinski definition) is 4. The van der Waals surface area contributed by atoms with Crippen molar-refractivity contribution in [3.8, 4) is 5.75 Å². The van der Waals surface area contributed by atoms with Gasteiger partial charge in [0, 0.05) is 13.1 Å². The Balaban J connectivity index is 1.90. The van der Waals surface area contributed by atoms with Gasteiger partial charge in [-0.2, -0.15) is 8.78 Å². The van der Waals surface area contributed by atoms with Crippen molar-refractivity contribution in [2.45, 2.75) is 39.3 Å². The van der Waals surface area contributed by atoms with E-state index in [1.54, 1.807) is 24.0 Å². The molecule has 0 saturated carbocycles. The third-order valence-corrected chi connectivity index (χ3v) is 4.28. The zero-order valence-electron chi connectivity index (χ0n) is 14.9. The van der Waals surface area contributed by atoms with Crippen molar-refractivity contribution in [2.75, 3.05) is 19.7 Å². The molecular formula is C18H24F2N2O4. The minimum absolute atomic E-state index is 0.0691. The number of carbonyl (C=O) groups excluding carboxylic acids is 2. The van der Waals surface area contributed by atoms with Gasteiger partial charge in [-0.05, 0) is 44.4 Å². The molecule has 0 spiro atoms. The van der Waals surface area contributed by atoms with E-state index in [0.29, 0.717) is 26.1 Å². The van der Waals surface area contributed by atoms with E-state index >= 15 is 0 Å². The summed E-state index contributed by atoms with van der Waals surface area (Å²) in [5, 5.41) is 2.91. The predicted molar refractivity (Wildman–Crippen MR) is 91.0 cm³/mol. The second-order valence-electron chi connectivity index (χ2n) is 6.16. The first-order chi connectivity index (χ1) is 12.4. The average molecular weight is 370 g/mol. The molecular weight excluding hydrogens is 346 g/mol. The molecule has 1 saturated heterocycles. The number of ether oxygens (including phenoxy) is 2. The molecule has 1 N–H and O–H groups in total. The van der Waals surface area contributed by atoms with Crippen molar-refractivity contribution in [1.82, 2.24) is 10.2 Å². The normalized spacial score (nSPS) is 18.3. The molecule has 2 unspecified atom stereocenters. The van der Waals surface area contributed by atoms with E-state index in [-0.39, 0.29) is 23.6 Å². The summed E-state index contributed by atoms with van der Waals surface area (Å²) in [7, 11) is 0. The first kappa shape index (κ1) is 19.9. The monoisotopic (exact) mass is 370 g/mol. The largest absolute Gasteiger partial charge is 0.450 e. The highest BCUT2D eigenvalue weighted by Gasteiger charge is 2.29. The summed E-state index contributed by atoms with van der Waals surface area (Å²) in [4.78, 5) is 25.9. The highest BCUT2D eigenvalue weighted by Crippen LogP contribution is 2.22. The van der Waals surface area contributed by atoms with Crippen LogP contribution in [0.15, 0.2) is 24.3 Å². The van der Waals surface area contributed by atoms with Crippen LogP contribution >= 0.6 is 0 Å². The van der Waals surface area contributed by atoms with E-state index in [1.807, 2.05) is 6.92 Å². The van der Waals surface area contributed by atoms with Gasteiger partial charge < -0.3 is 19.7 Å². The second kappa shape index (κ2) is 9.35. The number of carbonyl (C=O) groups is 2. The number of amides is 2. The van der Waals surface area contributed by atoms with Crippen LogP contribution in [-0.4, -0.2) is 43.2 Å². The zero-order valence-corrected chi connectivity index (χ0v) is 14.9. The van der Waals surface area contributed by atoms with Crippen LogP contribution in [-0.2, 0) is 9.53 Å². The Hall–Kier alpha value is -2.38. The molecule has 0 aromatic heterocycles. The molecule has 1 aromatic rings. The standard InChI is InChI=1S/C18H24F2N2O4/c1-3-25-18(24)22-10-4-5-14(11-22)16(23)21-12(2)13-6-8-15(9-7-13)26-17(19)20/h6-9,12,14,17H,3-5,10-11H2,1-2H3,(H,21,23). The number of alkyl halides is 2. The number of piperidine rings is 1. The van der Waals surface area contributed by atoms with Crippen molar-refractivity contribution in [3.63, 3.8) is 0 Å². The lowest BCUT2D eigenvalue weighted by molar-refractivity contribution is -0.127. The summed E-state index contributed by atoms with van der Waals surface area (Å²) in [6, 6.07) is 5.85. The zero-order chi connectivity index (χ0) is 19.1. The predicted octanol–water partition coefficient (Wildman–Crippen LogP) is 3.33. The molecule has 26 heavy (non-hydrogen) atoms. The molecule has 0 aliphatic carbocycles. The molecule has 1 aliphatic heterocycles. The SMILES string of the molecule is CCOC(=O)N1CCCC(C(=O)NC(C)c2ccc(OC(F)F)cc2)C1. The maximum absolute atomic E-state index is 12.5. The summed E-state index contributed by atoms with van der Waals surface area (Å²) >= 11 is 0. The second-order valence-corrected chi connectivity index (χ2v) is 6.16. The van der Waals surface area contributed by atoms with Crippen LogP contribution in [0.1, 0.15) is 38.3 Å². The number of halogens is 2. The fraction of sp³-hybridized carbons (Fsp3) is 0.556. The molecule has 1 aliphatic rings. The number of nitrogens with one attached hydrogen (secondary N) is 1. The van der Waals surface area contributed by atoms with Crippen molar-refractivity contribution >= 4 is 12.0 Å². The molecule has 2 amide bonds. The smallest absolute Gasteiger partial charge is 0.409 e. The summed E-state index contributed by atoms with van der Waals surface area (Å²) < 4.78 is 33.7. The minimum Gasteiger partial charge on any atom is -0.450 e. The van der Waals surface area contributed by atoms with Gasteiger partial charge in [-0.15, -0.1) is 0 Å². The van der Waals surface area contributed by atoms with Gasteiger partial charge in [0.1, 0.15) is 5.75 Å². The van der Waals surface area contributed by atoms with E-state index in [1.165, 1.54) is 12.1 Å². The van der Waals surface area contributed by atoms with Crippen LogP contribution in [0.4, 0.5) is 13.6 Å². The van der Waals surface area contributed by atoms with Gasteiger partial charge in [-0.3, -0.25) is 4.79 Å². The average Bonchev–Trinajstić information content (AvgIpc) is 2.62. The van der Waals surface area contributed by atoms with Crippen LogP contribution in [0, 0.1) is 5.92 Å². The number of nitrogens with zero attached hydrogens (tertiary/aromatic N) is 1. The number of likely N-dealkylation sites (tertiary alicyclic amines) is 1. The minimum atomic E-state index is -2.87. The van der Waals surface area contributed by atoms with Crippen LogP contribution in [0.25, 0.3) is 0 Å². The lowest BCUT2D eigenvalue weighted by atomic mass is 9.96. The molecule has 2 atom stereocenters. The molecule has 1 fully saturated rings. The molecule has 8 heteroatoms. The Bertz CT molecular complexity index is 610. The van der Waals surface area contributed by atoms with Crippen LogP contribution in [0.3, 0.4) is 0 Å². The lowest BCUT2D eigenvalue weighted by Gasteiger charge is -2.31. The Kier molecular flexibility index (Phi) is 7.17. The van der Waals surface area contributed by atoms with Crippen molar-refractivity contribution in [1.29, 1.82) is 0 Å². The van der Waals surface area contributed by atoms with Crippen molar-refractivity contribution < 1.29 is 27.8 Å². The van der Waals surface area contributed by atoms with Crippen LogP contribution < -0.4 is 10.1 Å². The summed E-state index contributed by atoms with van der Waals surface area (Å²) in [6.45, 7) is 1.90. The number of benzene rings is 1. The van der Waals surface area contributed by atoms with Gasteiger partial charge >= 0.3 is 12.7 Å². The van der Waals surface area contributed by atoms with E-state index in [4.69, 9.17) is 4.74 Å². The van der Waals surface area contributed by atoms with E-state index in [9.17, 15) is 18.4 Å². The quantitative estimate of drug-likeness (QED) is 0.834. The van der Waals surface area contributed by atoms with Gasteiger partial charge in [-0.1, -0.05) is 12.1 Å². The van der Waals surface area contributed by atoms with E-state index < -0.39 is 12.7 Å². The highest BCUT2D eigenvalue weighted by molar-refractivity contribution is 5.80. The molecule has 0 bridgehead atoms. The highest BCUT2D eigenvalue weighted by atomic mass is 19.3. The van der Waals surface area contributed by atoms with Gasteiger partial charge in [0.2, 0.25) is 5.91 Å². The molecule has 144 valence electrons. The molecule has 2 rings (SSSR count). The number of hydrogen-bond donors (Lipinski definition) is 1.